The van der Waals surface area contributed by atoms with Crippen LogP contribution in [-0.4, -0.2) is 17.7 Å². The SMILES string of the molecule is C(=N\N1CCCc2ccccc21)/c1ccc(-c2ccccc2)c2[nH]c3ccccc3c12. The Morgan fingerprint density at radius 3 is 2.55 bits per heavy atom. The summed E-state index contributed by atoms with van der Waals surface area (Å²) in [5.74, 6) is 0. The molecule has 0 aliphatic carbocycles. The first-order chi connectivity index (χ1) is 15.4. The number of benzene rings is 4. The number of aromatic nitrogens is 1. The van der Waals surface area contributed by atoms with Crippen molar-refractivity contribution in [3.8, 4) is 11.1 Å². The topological polar surface area (TPSA) is 31.4 Å². The van der Waals surface area contributed by atoms with Gasteiger partial charge in [-0.15, -0.1) is 0 Å². The van der Waals surface area contributed by atoms with E-state index in [2.05, 4.69) is 101 Å². The molecule has 0 spiro atoms. The number of hydrazone groups is 1. The number of anilines is 1. The van der Waals surface area contributed by atoms with Crippen LogP contribution in [-0.2, 0) is 6.42 Å². The van der Waals surface area contributed by atoms with Gasteiger partial charge >= 0.3 is 0 Å². The summed E-state index contributed by atoms with van der Waals surface area (Å²) in [6.07, 6.45) is 4.28. The average molecular weight is 402 g/mol. The summed E-state index contributed by atoms with van der Waals surface area (Å²) < 4.78 is 0. The maximum absolute atomic E-state index is 4.93. The van der Waals surface area contributed by atoms with E-state index in [1.165, 1.54) is 33.2 Å². The minimum absolute atomic E-state index is 0.951. The Kier molecular flexibility index (Phi) is 4.31. The summed E-state index contributed by atoms with van der Waals surface area (Å²) in [5, 5.41) is 9.53. The van der Waals surface area contributed by atoms with E-state index < -0.39 is 0 Å². The number of H-pyrrole nitrogens is 1. The highest BCUT2D eigenvalue weighted by Crippen LogP contribution is 2.35. The molecular weight excluding hydrogens is 378 g/mol. The van der Waals surface area contributed by atoms with Crippen molar-refractivity contribution < 1.29 is 0 Å². The Morgan fingerprint density at radius 1 is 0.806 bits per heavy atom. The molecule has 0 saturated heterocycles. The molecule has 0 radical (unpaired) electrons. The van der Waals surface area contributed by atoms with Gasteiger partial charge < -0.3 is 4.98 Å². The number of fused-ring (bicyclic) bond motifs is 4. The highest BCUT2D eigenvalue weighted by Gasteiger charge is 2.16. The van der Waals surface area contributed by atoms with Gasteiger partial charge in [-0.1, -0.05) is 78.9 Å². The maximum atomic E-state index is 4.93. The molecule has 0 fully saturated rings. The maximum Gasteiger partial charge on any atom is 0.0625 e. The molecule has 5 aromatic rings. The molecule has 0 bridgehead atoms. The third-order valence-corrected chi connectivity index (χ3v) is 6.20. The normalized spacial score (nSPS) is 13.9. The second kappa shape index (κ2) is 7.44. The van der Waals surface area contributed by atoms with E-state index >= 15 is 0 Å². The van der Waals surface area contributed by atoms with Crippen LogP contribution in [0, 0.1) is 0 Å². The van der Waals surface area contributed by atoms with Crippen molar-refractivity contribution in [2.45, 2.75) is 12.8 Å². The van der Waals surface area contributed by atoms with Crippen molar-refractivity contribution in [1.29, 1.82) is 0 Å². The van der Waals surface area contributed by atoms with Gasteiger partial charge in [0.2, 0.25) is 0 Å². The molecule has 0 amide bonds. The fourth-order valence-electron chi connectivity index (χ4n) is 4.72. The number of hydrogen-bond donors (Lipinski definition) is 1. The third kappa shape index (κ3) is 3.10. The predicted octanol–water partition coefficient (Wildman–Crippen LogP) is 6.77. The highest BCUT2D eigenvalue weighted by atomic mass is 15.5. The summed E-state index contributed by atoms with van der Waals surface area (Å²) in [6.45, 7) is 0.951. The zero-order chi connectivity index (χ0) is 20.6. The third-order valence-electron chi connectivity index (χ3n) is 6.20. The van der Waals surface area contributed by atoms with Gasteiger partial charge in [0.15, 0.2) is 0 Å². The lowest BCUT2D eigenvalue weighted by Gasteiger charge is -2.26. The summed E-state index contributed by atoms with van der Waals surface area (Å²) in [7, 11) is 0. The molecule has 1 aromatic heterocycles. The lowest BCUT2D eigenvalue weighted by molar-refractivity contribution is 0.717. The molecular formula is C28H23N3. The number of nitrogens with zero attached hydrogens (tertiary/aromatic N) is 2. The first kappa shape index (κ1) is 18.0. The Labute approximate surface area is 181 Å². The van der Waals surface area contributed by atoms with Crippen LogP contribution in [0.25, 0.3) is 32.9 Å². The van der Waals surface area contributed by atoms with E-state index in [4.69, 9.17) is 5.10 Å². The molecule has 0 saturated carbocycles. The molecule has 0 unspecified atom stereocenters. The van der Waals surface area contributed by atoms with Crippen molar-refractivity contribution in [3.05, 3.63) is 102 Å². The molecule has 1 aliphatic heterocycles. The van der Waals surface area contributed by atoms with Crippen LogP contribution in [0.4, 0.5) is 5.69 Å². The lowest BCUT2D eigenvalue weighted by Crippen LogP contribution is -2.24. The second-order valence-electron chi connectivity index (χ2n) is 8.09. The summed E-state index contributed by atoms with van der Waals surface area (Å²) in [4.78, 5) is 3.66. The highest BCUT2D eigenvalue weighted by molar-refractivity contribution is 6.18. The monoisotopic (exact) mass is 401 g/mol. The van der Waals surface area contributed by atoms with E-state index in [9.17, 15) is 0 Å². The molecule has 1 N–H and O–H groups in total. The Hall–Kier alpha value is -3.85. The average Bonchev–Trinajstić information content (AvgIpc) is 3.23. The summed E-state index contributed by atoms with van der Waals surface area (Å²) >= 11 is 0. The number of rotatable bonds is 3. The van der Waals surface area contributed by atoms with Crippen LogP contribution in [0.2, 0.25) is 0 Å². The van der Waals surface area contributed by atoms with E-state index in [0.29, 0.717) is 0 Å². The van der Waals surface area contributed by atoms with Crippen LogP contribution < -0.4 is 5.01 Å². The van der Waals surface area contributed by atoms with Crippen molar-refractivity contribution in [3.63, 3.8) is 0 Å². The van der Waals surface area contributed by atoms with E-state index in [0.717, 1.165) is 36.0 Å². The van der Waals surface area contributed by atoms with Gasteiger partial charge in [-0.2, -0.15) is 5.10 Å². The van der Waals surface area contributed by atoms with E-state index in [-0.39, 0.29) is 0 Å². The largest absolute Gasteiger partial charge is 0.354 e. The minimum Gasteiger partial charge on any atom is -0.354 e. The lowest BCUT2D eigenvalue weighted by atomic mass is 9.99. The Morgan fingerprint density at radius 2 is 1.61 bits per heavy atom. The predicted molar refractivity (Wildman–Crippen MR) is 131 cm³/mol. The Bertz CT molecular complexity index is 1410. The van der Waals surface area contributed by atoms with Gasteiger partial charge in [-0.3, -0.25) is 5.01 Å². The number of aryl methyl sites for hydroxylation is 1. The molecule has 31 heavy (non-hydrogen) atoms. The molecule has 4 aromatic carbocycles. The quantitative estimate of drug-likeness (QED) is 0.332. The van der Waals surface area contributed by atoms with Crippen molar-refractivity contribution in [2.75, 3.05) is 11.6 Å². The smallest absolute Gasteiger partial charge is 0.0625 e. The Balaban J connectivity index is 1.51. The van der Waals surface area contributed by atoms with E-state index in [1.807, 2.05) is 6.21 Å². The van der Waals surface area contributed by atoms with Crippen molar-refractivity contribution in [1.82, 2.24) is 4.98 Å². The van der Waals surface area contributed by atoms with Crippen LogP contribution in [0.3, 0.4) is 0 Å². The molecule has 3 nitrogen and oxygen atoms in total. The van der Waals surface area contributed by atoms with Crippen molar-refractivity contribution >= 4 is 33.7 Å². The summed E-state index contributed by atoms with van der Waals surface area (Å²) in [5.41, 5.74) is 8.48. The molecule has 3 heteroatoms. The number of aromatic amines is 1. The standard InChI is InChI=1S/C28H23N3/c1-2-9-20(10-3-1)23-17-16-22(27-24-13-5-6-14-25(24)30-28(23)27)19-29-31-18-8-12-21-11-4-7-15-26(21)31/h1-7,9-11,13-17,19,30H,8,12,18H2/b29-19+. The fraction of sp³-hybridized carbons (Fsp3) is 0.107. The number of hydrogen-bond acceptors (Lipinski definition) is 2. The van der Waals surface area contributed by atoms with E-state index in [1.54, 1.807) is 0 Å². The van der Waals surface area contributed by atoms with Gasteiger partial charge in [0.05, 0.1) is 17.4 Å². The molecule has 1 aliphatic rings. The van der Waals surface area contributed by atoms with Gasteiger partial charge in [0.25, 0.3) is 0 Å². The van der Waals surface area contributed by atoms with Gasteiger partial charge in [0.1, 0.15) is 0 Å². The second-order valence-corrected chi connectivity index (χ2v) is 8.09. The molecule has 0 atom stereocenters. The van der Waals surface area contributed by atoms with Crippen LogP contribution in [0.15, 0.2) is 96.1 Å². The van der Waals surface area contributed by atoms with Crippen molar-refractivity contribution in [2.24, 2.45) is 5.10 Å². The molecule has 2 heterocycles. The molecule has 150 valence electrons. The first-order valence-electron chi connectivity index (χ1n) is 10.9. The zero-order valence-electron chi connectivity index (χ0n) is 17.3. The zero-order valence-corrected chi connectivity index (χ0v) is 17.3. The summed E-state index contributed by atoms with van der Waals surface area (Å²) in [6, 6.07) is 32.1. The van der Waals surface area contributed by atoms with Crippen LogP contribution in [0.1, 0.15) is 17.5 Å². The van der Waals surface area contributed by atoms with Crippen LogP contribution >= 0.6 is 0 Å². The van der Waals surface area contributed by atoms with Gasteiger partial charge in [-0.25, -0.2) is 0 Å². The first-order valence-corrected chi connectivity index (χ1v) is 10.9. The fourth-order valence-corrected chi connectivity index (χ4v) is 4.72. The minimum atomic E-state index is 0.951. The van der Waals surface area contributed by atoms with Crippen LogP contribution in [0.5, 0.6) is 0 Å². The number of nitrogens with one attached hydrogen (secondary N) is 1. The molecule has 6 rings (SSSR count). The van der Waals surface area contributed by atoms with Gasteiger partial charge in [0, 0.05) is 34.0 Å². The number of para-hydroxylation sites is 2. The van der Waals surface area contributed by atoms with Gasteiger partial charge in [-0.05, 0) is 36.1 Å².